The van der Waals surface area contributed by atoms with Crippen LogP contribution in [0, 0.1) is 13.8 Å². The molecule has 0 aliphatic rings. The van der Waals surface area contributed by atoms with Crippen LogP contribution in [0.5, 0.6) is 5.75 Å². The minimum atomic E-state index is -0.839. The van der Waals surface area contributed by atoms with Crippen molar-refractivity contribution in [2.75, 3.05) is 6.61 Å². The highest BCUT2D eigenvalue weighted by molar-refractivity contribution is 5.69. The maximum Gasteiger partial charge on any atom is 0.332 e. The highest BCUT2D eigenvalue weighted by atomic mass is 16.5. The molecule has 2 heterocycles. The molecule has 0 saturated carbocycles. The van der Waals surface area contributed by atoms with E-state index in [1.54, 1.807) is 11.6 Å². The number of aromatic nitrogens is 4. The van der Waals surface area contributed by atoms with Gasteiger partial charge in [0.1, 0.15) is 18.5 Å². The Hall–Kier alpha value is -2.87. The fourth-order valence-corrected chi connectivity index (χ4v) is 2.86. The lowest BCUT2D eigenvalue weighted by Gasteiger charge is -2.15. The number of hydrogen-bond donors (Lipinski definition) is 1. The second kappa shape index (κ2) is 6.80. The summed E-state index contributed by atoms with van der Waals surface area (Å²) in [5, 5.41) is 10.3. The Morgan fingerprint density at radius 3 is 2.65 bits per heavy atom. The van der Waals surface area contributed by atoms with Crippen molar-refractivity contribution in [1.82, 2.24) is 18.7 Å². The molecule has 0 unspecified atom stereocenters. The molecule has 8 heteroatoms. The Kier molecular flexibility index (Phi) is 4.69. The molecule has 3 aromatic rings. The van der Waals surface area contributed by atoms with Crippen molar-refractivity contribution in [3.63, 3.8) is 0 Å². The van der Waals surface area contributed by atoms with Gasteiger partial charge in [0.25, 0.3) is 5.56 Å². The number of aliphatic hydroxyl groups is 1. The SMILES string of the molecule is Cc1ccc(C)c(OC[C@H](O)Cn2cnc3c2c(=O)n(C)c(=O)n3C)c1. The highest BCUT2D eigenvalue weighted by Gasteiger charge is 2.16. The zero-order valence-corrected chi connectivity index (χ0v) is 15.3. The van der Waals surface area contributed by atoms with Crippen molar-refractivity contribution in [2.45, 2.75) is 26.5 Å². The largest absolute Gasteiger partial charge is 0.491 e. The minimum Gasteiger partial charge on any atom is -0.491 e. The third-order valence-electron chi connectivity index (χ3n) is 4.40. The number of aryl methyl sites for hydroxylation is 3. The first-order valence-corrected chi connectivity index (χ1v) is 8.28. The normalized spacial score (nSPS) is 12.5. The summed E-state index contributed by atoms with van der Waals surface area (Å²) in [5.74, 6) is 0.720. The van der Waals surface area contributed by atoms with Crippen molar-refractivity contribution >= 4 is 11.2 Å². The first-order chi connectivity index (χ1) is 12.3. The molecule has 0 aliphatic heterocycles. The van der Waals surface area contributed by atoms with Gasteiger partial charge in [-0.2, -0.15) is 0 Å². The molecule has 1 atom stereocenters. The predicted molar refractivity (Wildman–Crippen MR) is 97.6 cm³/mol. The van der Waals surface area contributed by atoms with E-state index in [4.69, 9.17) is 4.74 Å². The fraction of sp³-hybridized carbons (Fsp3) is 0.389. The van der Waals surface area contributed by atoms with Crippen molar-refractivity contribution in [3.05, 3.63) is 56.5 Å². The standard InChI is InChI=1S/C18H22N4O4/c1-11-5-6-12(2)14(7-11)26-9-13(23)8-22-10-19-16-15(22)17(24)21(4)18(25)20(16)3/h5-7,10,13,23H,8-9H2,1-4H3/t13-/m1/s1. The van der Waals surface area contributed by atoms with Crippen LogP contribution in [0.25, 0.3) is 11.2 Å². The zero-order chi connectivity index (χ0) is 19.0. The molecule has 138 valence electrons. The summed E-state index contributed by atoms with van der Waals surface area (Å²) in [5.41, 5.74) is 1.75. The van der Waals surface area contributed by atoms with Gasteiger partial charge in [-0.1, -0.05) is 12.1 Å². The predicted octanol–water partition coefficient (Wildman–Crippen LogP) is 0.490. The summed E-state index contributed by atoms with van der Waals surface area (Å²) in [4.78, 5) is 28.5. The second-order valence-corrected chi connectivity index (χ2v) is 6.51. The highest BCUT2D eigenvalue weighted by Crippen LogP contribution is 2.19. The molecule has 0 spiro atoms. The van der Waals surface area contributed by atoms with E-state index in [0.717, 1.165) is 21.4 Å². The van der Waals surface area contributed by atoms with Crippen LogP contribution in [0.4, 0.5) is 0 Å². The molecule has 1 N–H and O–H groups in total. The number of benzene rings is 1. The molecule has 0 bridgehead atoms. The van der Waals surface area contributed by atoms with Gasteiger partial charge in [0.05, 0.1) is 12.9 Å². The van der Waals surface area contributed by atoms with Crippen LogP contribution in [0.2, 0.25) is 0 Å². The third kappa shape index (κ3) is 3.15. The van der Waals surface area contributed by atoms with Crippen molar-refractivity contribution in [1.29, 1.82) is 0 Å². The van der Waals surface area contributed by atoms with E-state index in [2.05, 4.69) is 4.98 Å². The molecule has 0 saturated heterocycles. The molecule has 0 fully saturated rings. The van der Waals surface area contributed by atoms with Crippen LogP contribution in [0.1, 0.15) is 11.1 Å². The van der Waals surface area contributed by atoms with E-state index in [9.17, 15) is 14.7 Å². The number of fused-ring (bicyclic) bond motifs is 1. The first kappa shape index (κ1) is 17.9. The van der Waals surface area contributed by atoms with E-state index in [0.29, 0.717) is 5.65 Å². The molecular formula is C18H22N4O4. The maximum absolute atomic E-state index is 12.4. The molecule has 3 rings (SSSR count). The number of aliphatic hydroxyl groups excluding tert-OH is 1. The van der Waals surface area contributed by atoms with Crippen molar-refractivity contribution in [2.24, 2.45) is 14.1 Å². The van der Waals surface area contributed by atoms with Gasteiger partial charge in [-0.15, -0.1) is 0 Å². The van der Waals surface area contributed by atoms with E-state index in [1.807, 2.05) is 32.0 Å². The molecular weight excluding hydrogens is 336 g/mol. The van der Waals surface area contributed by atoms with Gasteiger partial charge in [0.2, 0.25) is 0 Å². The van der Waals surface area contributed by atoms with Gasteiger partial charge < -0.3 is 14.4 Å². The quantitative estimate of drug-likeness (QED) is 0.717. The third-order valence-corrected chi connectivity index (χ3v) is 4.40. The smallest absolute Gasteiger partial charge is 0.332 e. The number of rotatable bonds is 5. The van der Waals surface area contributed by atoms with Gasteiger partial charge >= 0.3 is 5.69 Å². The zero-order valence-electron chi connectivity index (χ0n) is 15.3. The van der Waals surface area contributed by atoms with Gasteiger partial charge in [-0.05, 0) is 31.0 Å². The second-order valence-electron chi connectivity index (χ2n) is 6.51. The lowest BCUT2D eigenvalue weighted by Crippen LogP contribution is -2.38. The van der Waals surface area contributed by atoms with Crippen LogP contribution in [0.15, 0.2) is 34.1 Å². The molecule has 0 aliphatic carbocycles. The summed E-state index contributed by atoms with van der Waals surface area (Å²) in [6, 6.07) is 5.88. The summed E-state index contributed by atoms with van der Waals surface area (Å²) < 4.78 is 9.60. The lowest BCUT2D eigenvalue weighted by atomic mass is 10.1. The van der Waals surface area contributed by atoms with E-state index in [-0.39, 0.29) is 18.7 Å². The van der Waals surface area contributed by atoms with Gasteiger partial charge in [0.15, 0.2) is 11.2 Å². The summed E-state index contributed by atoms with van der Waals surface area (Å²) in [6.07, 6.45) is 0.612. The number of ether oxygens (including phenoxy) is 1. The Morgan fingerprint density at radius 2 is 1.92 bits per heavy atom. The molecule has 2 aromatic heterocycles. The molecule has 0 radical (unpaired) electrons. The molecule has 8 nitrogen and oxygen atoms in total. The van der Waals surface area contributed by atoms with Crippen molar-refractivity contribution in [3.8, 4) is 5.75 Å². The minimum absolute atomic E-state index is 0.0794. The van der Waals surface area contributed by atoms with Crippen LogP contribution in [0.3, 0.4) is 0 Å². The Morgan fingerprint density at radius 1 is 1.19 bits per heavy atom. The first-order valence-electron chi connectivity index (χ1n) is 8.28. The number of imidazole rings is 1. The van der Waals surface area contributed by atoms with E-state index in [1.165, 1.54) is 17.9 Å². The summed E-state index contributed by atoms with van der Waals surface area (Å²) >= 11 is 0. The molecule has 0 amide bonds. The van der Waals surface area contributed by atoms with Crippen LogP contribution in [-0.2, 0) is 20.6 Å². The number of nitrogens with zero attached hydrogens (tertiary/aromatic N) is 4. The fourth-order valence-electron chi connectivity index (χ4n) is 2.86. The lowest BCUT2D eigenvalue weighted by molar-refractivity contribution is 0.0930. The Balaban J connectivity index is 1.82. The van der Waals surface area contributed by atoms with Crippen LogP contribution >= 0.6 is 0 Å². The maximum atomic E-state index is 12.4. The van der Waals surface area contributed by atoms with E-state index < -0.39 is 17.4 Å². The van der Waals surface area contributed by atoms with Crippen LogP contribution in [-0.4, -0.2) is 36.5 Å². The number of hydrogen-bond acceptors (Lipinski definition) is 5. The van der Waals surface area contributed by atoms with Gasteiger partial charge in [0, 0.05) is 14.1 Å². The van der Waals surface area contributed by atoms with E-state index >= 15 is 0 Å². The van der Waals surface area contributed by atoms with Gasteiger partial charge in [-0.3, -0.25) is 13.9 Å². The topological polar surface area (TPSA) is 91.3 Å². The summed E-state index contributed by atoms with van der Waals surface area (Å²) in [6.45, 7) is 4.13. The summed E-state index contributed by atoms with van der Waals surface area (Å²) in [7, 11) is 2.98. The molecule has 1 aromatic carbocycles. The molecule has 26 heavy (non-hydrogen) atoms. The van der Waals surface area contributed by atoms with Crippen molar-refractivity contribution < 1.29 is 9.84 Å². The average Bonchev–Trinajstić information content (AvgIpc) is 3.02. The average molecular weight is 358 g/mol. The van der Waals surface area contributed by atoms with Crippen LogP contribution < -0.4 is 16.0 Å². The Bertz CT molecular complexity index is 1080. The monoisotopic (exact) mass is 358 g/mol. The Labute approximate surface area is 149 Å². The van der Waals surface area contributed by atoms with Gasteiger partial charge in [-0.25, -0.2) is 9.78 Å².